The maximum atomic E-state index is 11.4. The molecule has 0 radical (unpaired) electrons. The highest BCUT2D eigenvalue weighted by Crippen LogP contribution is 2.26. The highest BCUT2D eigenvalue weighted by atomic mass is 32.2. The molecule has 0 aliphatic carbocycles. The SMILES string of the molecule is COC(=O)c1ccc(CSc2cccc(N=C=S)c2)cc1. The molecule has 0 saturated carbocycles. The van der Waals surface area contributed by atoms with Gasteiger partial charge in [-0.25, -0.2) is 4.79 Å². The van der Waals surface area contributed by atoms with Crippen LogP contribution >= 0.6 is 24.0 Å². The van der Waals surface area contributed by atoms with Gasteiger partial charge in [0.1, 0.15) is 0 Å². The maximum absolute atomic E-state index is 11.4. The number of thioether (sulfide) groups is 1. The largest absolute Gasteiger partial charge is 0.465 e. The van der Waals surface area contributed by atoms with Gasteiger partial charge in [0.15, 0.2) is 0 Å². The molecule has 2 aromatic carbocycles. The minimum absolute atomic E-state index is 0.320. The van der Waals surface area contributed by atoms with Crippen LogP contribution in [0.15, 0.2) is 58.4 Å². The summed E-state index contributed by atoms with van der Waals surface area (Å²) < 4.78 is 4.67. The van der Waals surface area contributed by atoms with Crippen LogP contribution in [0.4, 0.5) is 5.69 Å². The van der Waals surface area contributed by atoms with Gasteiger partial charge >= 0.3 is 5.97 Å². The molecule has 2 aromatic rings. The molecule has 5 heteroatoms. The van der Waals surface area contributed by atoms with E-state index in [1.165, 1.54) is 7.11 Å². The lowest BCUT2D eigenvalue weighted by Crippen LogP contribution is -2.00. The van der Waals surface area contributed by atoms with E-state index in [-0.39, 0.29) is 5.97 Å². The molecule has 2 rings (SSSR count). The molecule has 0 saturated heterocycles. The van der Waals surface area contributed by atoms with E-state index in [1.807, 2.05) is 36.4 Å². The molecule has 0 bridgehead atoms. The molecule has 0 aliphatic rings. The second kappa shape index (κ2) is 7.74. The highest BCUT2D eigenvalue weighted by Gasteiger charge is 2.04. The van der Waals surface area contributed by atoms with E-state index in [0.717, 1.165) is 21.9 Å². The monoisotopic (exact) mass is 315 g/mol. The molecule has 3 nitrogen and oxygen atoms in total. The summed E-state index contributed by atoms with van der Waals surface area (Å²) in [6.45, 7) is 0. The van der Waals surface area contributed by atoms with E-state index in [2.05, 4.69) is 27.1 Å². The number of isothiocyanates is 1. The van der Waals surface area contributed by atoms with Crippen LogP contribution in [-0.4, -0.2) is 18.2 Å². The first-order chi connectivity index (χ1) is 10.2. The van der Waals surface area contributed by atoms with Crippen molar-refractivity contribution in [3.8, 4) is 0 Å². The molecule has 0 N–H and O–H groups in total. The Morgan fingerprint density at radius 1 is 1.29 bits per heavy atom. The van der Waals surface area contributed by atoms with Crippen LogP contribution in [0.3, 0.4) is 0 Å². The lowest BCUT2D eigenvalue weighted by molar-refractivity contribution is 0.0600. The van der Waals surface area contributed by atoms with E-state index in [1.54, 1.807) is 23.9 Å². The van der Waals surface area contributed by atoms with Crippen LogP contribution in [0.25, 0.3) is 0 Å². The number of benzene rings is 2. The molecule has 106 valence electrons. The fraction of sp³-hybridized carbons (Fsp3) is 0.125. The Labute approximate surface area is 133 Å². The summed E-state index contributed by atoms with van der Waals surface area (Å²) in [5.74, 6) is 0.492. The van der Waals surface area contributed by atoms with Crippen LogP contribution in [0.1, 0.15) is 15.9 Å². The van der Waals surface area contributed by atoms with E-state index in [9.17, 15) is 4.79 Å². The Morgan fingerprint density at radius 2 is 2.05 bits per heavy atom. The Hall–Kier alpha value is -1.94. The predicted molar refractivity (Wildman–Crippen MR) is 88.5 cm³/mol. The van der Waals surface area contributed by atoms with Crippen LogP contribution in [0, 0.1) is 0 Å². The van der Waals surface area contributed by atoms with Gasteiger partial charge in [0, 0.05) is 10.6 Å². The van der Waals surface area contributed by atoms with Crippen molar-refractivity contribution in [3.63, 3.8) is 0 Å². The normalized spacial score (nSPS) is 9.76. The number of methoxy groups -OCH3 is 1. The first-order valence-electron chi connectivity index (χ1n) is 6.21. The van der Waals surface area contributed by atoms with Crippen LogP contribution in [0.5, 0.6) is 0 Å². The lowest BCUT2D eigenvalue weighted by atomic mass is 10.1. The van der Waals surface area contributed by atoms with Gasteiger partial charge in [-0.05, 0) is 48.1 Å². The van der Waals surface area contributed by atoms with Gasteiger partial charge in [0.2, 0.25) is 0 Å². The number of carbonyl (C=O) groups is 1. The second-order valence-electron chi connectivity index (χ2n) is 4.18. The van der Waals surface area contributed by atoms with Crippen molar-refractivity contribution in [1.82, 2.24) is 0 Å². The predicted octanol–water partition coefficient (Wildman–Crippen LogP) is 4.50. The van der Waals surface area contributed by atoms with Gasteiger partial charge in [0.05, 0.1) is 23.5 Å². The van der Waals surface area contributed by atoms with Crippen LogP contribution < -0.4 is 0 Å². The second-order valence-corrected chi connectivity index (χ2v) is 5.41. The molecular formula is C16H13NO2S2. The molecular weight excluding hydrogens is 302 g/mol. The molecule has 21 heavy (non-hydrogen) atoms. The van der Waals surface area contributed by atoms with Crippen LogP contribution in [0.2, 0.25) is 0 Å². The zero-order valence-electron chi connectivity index (χ0n) is 11.4. The van der Waals surface area contributed by atoms with Crippen molar-refractivity contribution in [2.24, 2.45) is 4.99 Å². The third kappa shape index (κ3) is 4.53. The molecule has 0 aliphatic heterocycles. The quantitative estimate of drug-likeness (QED) is 0.352. The molecule has 0 spiro atoms. The summed E-state index contributed by atoms with van der Waals surface area (Å²) in [6, 6.07) is 15.2. The lowest BCUT2D eigenvalue weighted by Gasteiger charge is -2.04. The average molecular weight is 315 g/mol. The average Bonchev–Trinajstić information content (AvgIpc) is 2.53. The number of thiocarbonyl (C=S) groups is 1. The van der Waals surface area contributed by atoms with Gasteiger partial charge in [-0.1, -0.05) is 18.2 Å². The number of aliphatic imine (C=N–C) groups is 1. The molecule has 0 heterocycles. The Kier molecular flexibility index (Phi) is 5.69. The summed E-state index contributed by atoms with van der Waals surface area (Å²) in [7, 11) is 1.38. The minimum Gasteiger partial charge on any atom is -0.465 e. The van der Waals surface area contributed by atoms with Crippen molar-refractivity contribution in [3.05, 3.63) is 59.7 Å². The van der Waals surface area contributed by atoms with E-state index < -0.39 is 0 Å². The Balaban J connectivity index is 2.01. The molecule has 0 atom stereocenters. The van der Waals surface area contributed by atoms with Gasteiger partial charge < -0.3 is 4.74 Å². The standard InChI is InChI=1S/C16H13NO2S2/c1-19-16(18)13-7-5-12(6-8-13)10-21-15-4-2-3-14(9-15)17-11-20/h2-9H,10H2,1H3. The molecule has 0 fully saturated rings. The zero-order chi connectivity index (χ0) is 15.1. The van der Waals surface area contributed by atoms with Gasteiger partial charge in [-0.3, -0.25) is 0 Å². The summed E-state index contributed by atoms with van der Waals surface area (Å²) in [6.07, 6.45) is 0. The number of ether oxygens (including phenoxy) is 1. The van der Waals surface area contributed by atoms with E-state index >= 15 is 0 Å². The summed E-state index contributed by atoms with van der Waals surface area (Å²) in [4.78, 5) is 16.4. The summed E-state index contributed by atoms with van der Waals surface area (Å²) in [5.41, 5.74) is 2.50. The molecule has 0 unspecified atom stereocenters. The van der Waals surface area contributed by atoms with Gasteiger partial charge in [-0.2, -0.15) is 4.99 Å². The topological polar surface area (TPSA) is 38.7 Å². The smallest absolute Gasteiger partial charge is 0.337 e. The van der Waals surface area contributed by atoms with Crippen molar-refractivity contribution >= 4 is 40.8 Å². The van der Waals surface area contributed by atoms with Crippen molar-refractivity contribution in [2.45, 2.75) is 10.6 Å². The number of esters is 1. The number of hydrogen-bond donors (Lipinski definition) is 0. The first kappa shape index (κ1) is 15.4. The highest BCUT2D eigenvalue weighted by molar-refractivity contribution is 7.98. The van der Waals surface area contributed by atoms with Crippen molar-refractivity contribution < 1.29 is 9.53 Å². The maximum Gasteiger partial charge on any atom is 0.337 e. The van der Waals surface area contributed by atoms with Crippen molar-refractivity contribution in [1.29, 1.82) is 0 Å². The number of nitrogens with zero attached hydrogens (tertiary/aromatic N) is 1. The fourth-order valence-corrected chi connectivity index (χ4v) is 2.73. The third-order valence-electron chi connectivity index (χ3n) is 2.77. The van der Waals surface area contributed by atoms with Gasteiger partial charge in [-0.15, -0.1) is 11.8 Å². The summed E-state index contributed by atoms with van der Waals surface area (Å²) >= 11 is 6.30. The minimum atomic E-state index is -0.320. The van der Waals surface area contributed by atoms with Gasteiger partial charge in [0.25, 0.3) is 0 Å². The Morgan fingerprint density at radius 3 is 2.71 bits per heavy atom. The number of hydrogen-bond acceptors (Lipinski definition) is 5. The number of rotatable bonds is 5. The Bertz CT molecular complexity index is 677. The first-order valence-corrected chi connectivity index (χ1v) is 7.60. The van der Waals surface area contributed by atoms with E-state index in [4.69, 9.17) is 0 Å². The zero-order valence-corrected chi connectivity index (χ0v) is 13.0. The molecule has 0 aromatic heterocycles. The number of carbonyl (C=O) groups excluding carboxylic acids is 1. The fourth-order valence-electron chi connectivity index (χ4n) is 1.72. The summed E-state index contributed by atoms with van der Waals surface area (Å²) in [5, 5.41) is 2.36. The van der Waals surface area contributed by atoms with Crippen molar-refractivity contribution in [2.75, 3.05) is 7.11 Å². The molecule has 0 amide bonds. The van der Waals surface area contributed by atoms with Crippen LogP contribution in [-0.2, 0) is 10.5 Å². The van der Waals surface area contributed by atoms with E-state index in [0.29, 0.717) is 5.56 Å². The third-order valence-corrected chi connectivity index (χ3v) is 3.93.